The molecule has 244 valence electrons. The minimum absolute atomic E-state index is 0. The molecule has 4 nitrogen and oxygen atoms in total. The van der Waals surface area contributed by atoms with Crippen LogP contribution in [0.25, 0.3) is 0 Å². The molecule has 0 amide bonds. The fraction of sp³-hybridized carbons (Fsp3) is 0.833. The molecule has 0 rings (SSSR count). The summed E-state index contributed by atoms with van der Waals surface area (Å²) in [6, 6.07) is 0. The van der Waals surface area contributed by atoms with Crippen LogP contribution < -0.4 is 10.2 Å². The summed E-state index contributed by atoms with van der Waals surface area (Å²) >= 11 is 0. The van der Waals surface area contributed by atoms with E-state index in [-0.39, 0.29) is 29.3 Å². The largest absolute Gasteiger partial charge is 2.00 e. The summed E-state index contributed by atoms with van der Waals surface area (Å²) in [5.74, 6) is -1.83. The van der Waals surface area contributed by atoms with Crippen molar-refractivity contribution in [3.8, 4) is 0 Å². The molecule has 0 saturated heterocycles. The molecule has 0 fully saturated rings. The summed E-state index contributed by atoms with van der Waals surface area (Å²) in [6.45, 7) is 4.51. The molecule has 0 radical (unpaired) electrons. The zero-order valence-corrected chi connectivity index (χ0v) is 28.0. The summed E-state index contributed by atoms with van der Waals surface area (Å²) in [6.07, 6.45) is 41.8. The second kappa shape index (κ2) is 41.1. The summed E-state index contributed by atoms with van der Waals surface area (Å²) in [4.78, 5) is 20.4. The molecule has 0 N–H and O–H groups in total. The van der Waals surface area contributed by atoms with Crippen molar-refractivity contribution in [1.29, 1.82) is 0 Å². The molecule has 0 spiro atoms. The number of allylic oxidation sites excluding steroid dienone is 4. The number of carboxylic acid groups (broad SMARTS) is 2. The second-order valence-electron chi connectivity index (χ2n) is 11.4. The standard InChI is InChI=1S/2C18H34O2.Ni/c2*1-2-3-4-5-6-7-8-9-10-11-12-13-14-15-16-17-18(19)20;/h2*9-10H,2-8,11-17H2,1H3,(H,19,20);/q;;+2/p-2. The number of carbonyl (C=O) groups excluding carboxylic acids is 2. The van der Waals surface area contributed by atoms with Crippen LogP contribution in [0.4, 0.5) is 0 Å². The maximum atomic E-state index is 10.2. The van der Waals surface area contributed by atoms with E-state index < -0.39 is 11.9 Å². The van der Waals surface area contributed by atoms with E-state index in [1.165, 1.54) is 128 Å². The molecule has 0 bridgehead atoms. The van der Waals surface area contributed by atoms with Crippen LogP contribution in [0.15, 0.2) is 24.3 Å². The molecule has 41 heavy (non-hydrogen) atoms. The van der Waals surface area contributed by atoms with E-state index in [0.717, 1.165) is 38.5 Å². The van der Waals surface area contributed by atoms with Gasteiger partial charge < -0.3 is 19.8 Å². The number of aliphatic carboxylic acids is 2. The van der Waals surface area contributed by atoms with Gasteiger partial charge in [0.2, 0.25) is 0 Å². The van der Waals surface area contributed by atoms with Gasteiger partial charge in [-0.3, -0.25) is 0 Å². The van der Waals surface area contributed by atoms with Crippen LogP contribution in [0.2, 0.25) is 0 Å². The van der Waals surface area contributed by atoms with E-state index in [9.17, 15) is 19.8 Å². The second-order valence-corrected chi connectivity index (χ2v) is 11.4. The van der Waals surface area contributed by atoms with Crippen LogP contribution in [0, 0.1) is 0 Å². The Morgan fingerprint density at radius 1 is 0.390 bits per heavy atom. The third-order valence-electron chi connectivity index (χ3n) is 7.29. The maximum absolute atomic E-state index is 10.2. The van der Waals surface area contributed by atoms with E-state index >= 15 is 0 Å². The van der Waals surface area contributed by atoms with Gasteiger partial charge >= 0.3 is 16.5 Å². The van der Waals surface area contributed by atoms with E-state index in [1.807, 2.05) is 0 Å². The van der Waals surface area contributed by atoms with Crippen molar-refractivity contribution in [2.75, 3.05) is 0 Å². The quantitative estimate of drug-likeness (QED) is 0.0455. The van der Waals surface area contributed by atoms with Gasteiger partial charge in [0.15, 0.2) is 0 Å². The third-order valence-corrected chi connectivity index (χ3v) is 7.29. The van der Waals surface area contributed by atoms with Gasteiger partial charge in [-0.2, -0.15) is 0 Å². The zero-order valence-electron chi connectivity index (χ0n) is 27.1. The maximum Gasteiger partial charge on any atom is 2.00 e. The van der Waals surface area contributed by atoms with Crippen LogP contribution in [0.1, 0.15) is 194 Å². The normalized spacial score (nSPS) is 11.0. The van der Waals surface area contributed by atoms with Crippen LogP contribution >= 0.6 is 0 Å². The van der Waals surface area contributed by atoms with Gasteiger partial charge in [0.05, 0.1) is 0 Å². The average Bonchev–Trinajstić information content (AvgIpc) is 2.93. The van der Waals surface area contributed by atoms with Gasteiger partial charge in [-0.1, -0.05) is 141 Å². The molecule has 0 aliphatic rings. The van der Waals surface area contributed by atoms with E-state index in [1.54, 1.807) is 0 Å². The average molecular weight is 622 g/mol. The van der Waals surface area contributed by atoms with Crippen LogP contribution in [-0.4, -0.2) is 11.9 Å². The van der Waals surface area contributed by atoms with Crippen LogP contribution in [-0.2, 0) is 26.1 Å². The van der Waals surface area contributed by atoms with Crippen molar-refractivity contribution in [2.45, 2.75) is 194 Å². The number of hydrogen-bond donors (Lipinski definition) is 0. The molecule has 0 aromatic heterocycles. The van der Waals surface area contributed by atoms with Gasteiger partial charge in [-0.05, 0) is 77.0 Å². The number of carboxylic acids is 2. The zero-order chi connectivity index (χ0) is 29.8. The Balaban J connectivity index is -0.000000688. The summed E-state index contributed by atoms with van der Waals surface area (Å²) in [7, 11) is 0. The molecule has 5 heteroatoms. The molecule has 0 aliphatic heterocycles. The van der Waals surface area contributed by atoms with E-state index in [2.05, 4.69) is 38.2 Å². The van der Waals surface area contributed by atoms with Gasteiger partial charge in [0.25, 0.3) is 0 Å². The first-order chi connectivity index (χ1) is 19.5. The van der Waals surface area contributed by atoms with Crippen molar-refractivity contribution >= 4 is 11.9 Å². The topological polar surface area (TPSA) is 80.3 Å². The Morgan fingerprint density at radius 2 is 0.610 bits per heavy atom. The minimum Gasteiger partial charge on any atom is -0.550 e. The predicted molar refractivity (Wildman–Crippen MR) is 169 cm³/mol. The van der Waals surface area contributed by atoms with Crippen molar-refractivity contribution < 1.29 is 36.3 Å². The number of rotatable bonds is 30. The number of hydrogen-bond acceptors (Lipinski definition) is 4. The molecule has 0 saturated carbocycles. The van der Waals surface area contributed by atoms with Crippen molar-refractivity contribution in [1.82, 2.24) is 0 Å². The summed E-state index contributed by atoms with van der Waals surface area (Å²) in [5, 5.41) is 20.4. The van der Waals surface area contributed by atoms with E-state index in [4.69, 9.17) is 0 Å². The Bertz CT molecular complexity index is 524. The number of carbonyl (C=O) groups is 2. The molecule has 0 atom stereocenters. The van der Waals surface area contributed by atoms with Crippen molar-refractivity contribution in [3.05, 3.63) is 24.3 Å². The first-order valence-electron chi connectivity index (χ1n) is 17.2. The summed E-state index contributed by atoms with van der Waals surface area (Å²) in [5.41, 5.74) is 0. The molecular weight excluding hydrogens is 555 g/mol. The predicted octanol–water partition coefficient (Wildman–Crippen LogP) is 9.55. The SMILES string of the molecule is CCCCCCCCC=CCCCCCCCC(=O)[O-].CCCCCCCCC=CCCCCCCCC(=O)[O-].[Ni+2]. The van der Waals surface area contributed by atoms with Crippen molar-refractivity contribution in [2.24, 2.45) is 0 Å². The van der Waals surface area contributed by atoms with Crippen molar-refractivity contribution in [3.63, 3.8) is 0 Å². The first kappa shape index (κ1) is 44.4. The molecular formula is C36H66NiO4. The molecule has 0 aromatic carbocycles. The third kappa shape index (κ3) is 48.9. The fourth-order valence-electron chi connectivity index (χ4n) is 4.68. The fourth-order valence-corrected chi connectivity index (χ4v) is 4.68. The van der Waals surface area contributed by atoms with Gasteiger partial charge in [-0.15, -0.1) is 0 Å². The monoisotopic (exact) mass is 620 g/mol. The Morgan fingerprint density at radius 3 is 0.854 bits per heavy atom. The van der Waals surface area contributed by atoms with Crippen LogP contribution in [0.5, 0.6) is 0 Å². The molecule has 0 aliphatic carbocycles. The van der Waals surface area contributed by atoms with Gasteiger partial charge in [0.1, 0.15) is 0 Å². The Hall–Kier alpha value is -1.09. The van der Waals surface area contributed by atoms with Crippen LogP contribution in [0.3, 0.4) is 0 Å². The molecule has 0 heterocycles. The first-order valence-corrected chi connectivity index (χ1v) is 17.2. The van der Waals surface area contributed by atoms with Gasteiger partial charge in [-0.25, -0.2) is 0 Å². The van der Waals surface area contributed by atoms with Gasteiger partial charge in [0, 0.05) is 11.9 Å². The van der Waals surface area contributed by atoms with E-state index in [0.29, 0.717) is 0 Å². The number of unbranched alkanes of at least 4 members (excludes halogenated alkanes) is 22. The Kier molecular flexibility index (Phi) is 44.4. The smallest absolute Gasteiger partial charge is 0.550 e. The minimum atomic E-state index is -0.914. The Labute approximate surface area is 265 Å². The summed E-state index contributed by atoms with van der Waals surface area (Å²) < 4.78 is 0. The molecule has 0 unspecified atom stereocenters. The molecule has 0 aromatic rings.